The van der Waals surface area contributed by atoms with Gasteiger partial charge < -0.3 is 9.47 Å². The first-order chi connectivity index (χ1) is 9.63. The van der Waals surface area contributed by atoms with Crippen LogP contribution in [0.15, 0.2) is 42.5 Å². The molecule has 0 amide bonds. The molecule has 4 heteroatoms. The van der Waals surface area contributed by atoms with Gasteiger partial charge >= 0.3 is 0 Å². The van der Waals surface area contributed by atoms with Gasteiger partial charge in [0.05, 0.1) is 19.2 Å². The summed E-state index contributed by atoms with van der Waals surface area (Å²) in [6, 6.07) is 12.5. The number of hydrogen-bond donors (Lipinski definition) is 0. The highest BCUT2D eigenvalue weighted by atomic mass is 35.5. The molecule has 0 aliphatic rings. The van der Waals surface area contributed by atoms with Crippen molar-refractivity contribution in [2.24, 2.45) is 0 Å². The van der Waals surface area contributed by atoms with E-state index in [-0.39, 0.29) is 5.78 Å². The largest absolute Gasteiger partial charge is 0.497 e. The van der Waals surface area contributed by atoms with E-state index >= 15 is 0 Å². The lowest BCUT2D eigenvalue weighted by molar-refractivity contribution is 0.0993. The Bertz CT molecular complexity index is 623. The van der Waals surface area contributed by atoms with Crippen LogP contribution in [-0.2, 0) is 6.42 Å². The van der Waals surface area contributed by atoms with Crippen LogP contribution in [0.3, 0.4) is 0 Å². The van der Waals surface area contributed by atoms with Gasteiger partial charge in [-0.1, -0.05) is 23.7 Å². The third-order valence-corrected chi connectivity index (χ3v) is 3.27. The van der Waals surface area contributed by atoms with E-state index in [0.717, 1.165) is 11.3 Å². The molecule has 0 N–H and O–H groups in total. The Morgan fingerprint density at radius 1 is 1.10 bits per heavy atom. The fourth-order valence-electron chi connectivity index (χ4n) is 1.91. The minimum atomic E-state index is 0.00260. The van der Waals surface area contributed by atoms with Crippen molar-refractivity contribution >= 4 is 17.4 Å². The molecule has 104 valence electrons. The zero-order chi connectivity index (χ0) is 14.5. The van der Waals surface area contributed by atoms with Gasteiger partial charge in [0.15, 0.2) is 5.78 Å². The molecule has 0 unspecified atom stereocenters. The first-order valence-electron chi connectivity index (χ1n) is 6.13. The van der Waals surface area contributed by atoms with Crippen LogP contribution in [0.1, 0.15) is 15.9 Å². The highest BCUT2D eigenvalue weighted by Gasteiger charge is 2.10. The van der Waals surface area contributed by atoms with Crippen LogP contribution in [0.25, 0.3) is 0 Å². The van der Waals surface area contributed by atoms with Gasteiger partial charge in [0.2, 0.25) is 0 Å². The van der Waals surface area contributed by atoms with Crippen LogP contribution in [-0.4, -0.2) is 20.0 Å². The number of Topliss-reactive ketones (excluding diaryl/α,β-unsaturated/α-hetero) is 1. The summed E-state index contributed by atoms with van der Waals surface area (Å²) in [5.74, 6) is 1.30. The van der Waals surface area contributed by atoms with Crippen LogP contribution < -0.4 is 9.47 Å². The van der Waals surface area contributed by atoms with Crippen molar-refractivity contribution in [3.8, 4) is 11.5 Å². The molecule has 0 aliphatic carbocycles. The van der Waals surface area contributed by atoms with E-state index in [2.05, 4.69) is 0 Å². The summed E-state index contributed by atoms with van der Waals surface area (Å²) in [4.78, 5) is 12.2. The number of rotatable bonds is 5. The second-order valence-corrected chi connectivity index (χ2v) is 4.71. The maximum Gasteiger partial charge on any atom is 0.167 e. The lowest BCUT2D eigenvalue weighted by Crippen LogP contribution is -2.04. The van der Waals surface area contributed by atoms with Crippen molar-refractivity contribution in [3.05, 3.63) is 58.6 Å². The maximum absolute atomic E-state index is 12.2. The molecule has 0 fully saturated rings. The first-order valence-corrected chi connectivity index (χ1v) is 6.51. The smallest absolute Gasteiger partial charge is 0.167 e. The molecule has 2 aromatic carbocycles. The third kappa shape index (κ3) is 3.31. The number of halogens is 1. The van der Waals surface area contributed by atoms with E-state index in [1.807, 2.05) is 24.3 Å². The number of benzene rings is 2. The van der Waals surface area contributed by atoms with E-state index in [1.165, 1.54) is 0 Å². The standard InChI is InChI=1S/C16H15ClO3/c1-19-13-5-3-4-11(8-13)9-15(18)12-6-7-16(20-2)14(17)10-12/h3-8,10H,9H2,1-2H3. The topological polar surface area (TPSA) is 35.5 Å². The number of carbonyl (C=O) groups is 1. The van der Waals surface area contributed by atoms with Gasteiger partial charge in [0.25, 0.3) is 0 Å². The van der Waals surface area contributed by atoms with Crippen molar-refractivity contribution in [1.82, 2.24) is 0 Å². The van der Waals surface area contributed by atoms with Crippen molar-refractivity contribution in [2.45, 2.75) is 6.42 Å². The number of methoxy groups -OCH3 is 2. The molecule has 0 radical (unpaired) electrons. The van der Waals surface area contributed by atoms with Crippen molar-refractivity contribution in [3.63, 3.8) is 0 Å². The Labute approximate surface area is 123 Å². The van der Waals surface area contributed by atoms with Crippen LogP contribution in [0.5, 0.6) is 11.5 Å². The minimum Gasteiger partial charge on any atom is -0.497 e. The molecule has 0 bridgehead atoms. The van der Waals surface area contributed by atoms with Gasteiger partial charge in [-0.05, 0) is 35.9 Å². The third-order valence-electron chi connectivity index (χ3n) is 2.97. The molecule has 0 atom stereocenters. The molecule has 0 saturated heterocycles. The van der Waals surface area contributed by atoms with Crippen molar-refractivity contribution < 1.29 is 14.3 Å². The Kier molecular flexibility index (Phi) is 4.64. The molecule has 0 spiro atoms. The molecular weight excluding hydrogens is 276 g/mol. The molecule has 2 rings (SSSR count). The Morgan fingerprint density at radius 3 is 2.55 bits per heavy atom. The monoisotopic (exact) mass is 290 g/mol. The van der Waals surface area contributed by atoms with E-state index in [0.29, 0.717) is 22.8 Å². The highest BCUT2D eigenvalue weighted by Crippen LogP contribution is 2.25. The van der Waals surface area contributed by atoms with E-state index in [4.69, 9.17) is 21.1 Å². The van der Waals surface area contributed by atoms with Gasteiger partial charge in [-0.25, -0.2) is 0 Å². The van der Waals surface area contributed by atoms with Crippen LogP contribution in [0, 0.1) is 0 Å². The van der Waals surface area contributed by atoms with Crippen molar-refractivity contribution in [2.75, 3.05) is 14.2 Å². The Morgan fingerprint density at radius 2 is 1.90 bits per heavy atom. The van der Waals surface area contributed by atoms with E-state index in [9.17, 15) is 4.79 Å². The lowest BCUT2D eigenvalue weighted by atomic mass is 10.0. The summed E-state index contributed by atoms with van der Waals surface area (Å²) >= 11 is 6.03. The summed E-state index contributed by atoms with van der Waals surface area (Å²) in [5.41, 5.74) is 1.47. The van der Waals surface area contributed by atoms with Crippen LogP contribution in [0.2, 0.25) is 5.02 Å². The molecule has 0 heterocycles. The molecule has 2 aromatic rings. The van der Waals surface area contributed by atoms with E-state index in [1.54, 1.807) is 32.4 Å². The number of carbonyl (C=O) groups excluding carboxylic acids is 1. The second kappa shape index (κ2) is 6.44. The minimum absolute atomic E-state index is 0.00260. The molecular formula is C16H15ClO3. The molecule has 20 heavy (non-hydrogen) atoms. The molecule has 0 aliphatic heterocycles. The van der Waals surface area contributed by atoms with Crippen LogP contribution >= 0.6 is 11.6 Å². The molecule has 0 aromatic heterocycles. The van der Waals surface area contributed by atoms with Crippen LogP contribution in [0.4, 0.5) is 0 Å². The Hall–Kier alpha value is -2.00. The lowest BCUT2D eigenvalue weighted by Gasteiger charge is -2.07. The molecule has 0 saturated carbocycles. The number of ketones is 1. The summed E-state index contributed by atoms with van der Waals surface area (Å²) in [6.45, 7) is 0. The van der Waals surface area contributed by atoms with Gasteiger partial charge in [-0.2, -0.15) is 0 Å². The van der Waals surface area contributed by atoms with E-state index < -0.39 is 0 Å². The summed E-state index contributed by atoms with van der Waals surface area (Å²) in [7, 11) is 3.14. The second-order valence-electron chi connectivity index (χ2n) is 4.30. The summed E-state index contributed by atoms with van der Waals surface area (Å²) in [5, 5.41) is 0.434. The predicted octanol–water partition coefficient (Wildman–Crippen LogP) is 3.78. The normalized spacial score (nSPS) is 10.2. The van der Waals surface area contributed by atoms with Gasteiger partial charge in [0, 0.05) is 12.0 Å². The van der Waals surface area contributed by atoms with Gasteiger partial charge in [-0.15, -0.1) is 0 Å². The first kappa shape index (κ1) is 14.4. The van der Waals surface area contributed by atoms with Crippen molar-refractivity contribution in [1.29, 1.82) is 0 Å². The number of ether oxygens (including phenoxy) is 2. The zero-order valence-electron chi connectivity index (χ0n) is 11.4. The van der Waals surface area contributed by atoms with Gasteiger partial charge in [0.1, 0.15) is 11.5 Å². The van der Waals surface area contributed by atoms with Gasteiger partial charge in [-0.3, -0.25) is 4.79 Å². The SMILES string of the molecule is COc1cccc(CC(=O)c2ccc(OC)c(Cl)c2)c1. The summed E-state index contributed by atoms with van der Waals surface area (Å²) < 4.78 is 10.2. The zero-order valence-corrected chi connectivity index (χ0v) is 12.1. The highest BCUT2D eigenvalue weighted by molar-refractivity contribution is 6.32. The summed E-state index contributed by atoms with van der Waals surface area (Å²) in [6.07, 6.45) is 0.305. The number of hydrogen-bond acceptors (Lipinski definition) is 3. The predicted molar refractivity (Wildman–Crippen MR) is 79.0 cm³/mol. The quantitative estimate of drug-likeness (QED) is 0.786. The fraction of sp³-hybridized carbons (Fsp3) is 0.188. The molecule has 3 nitrogen and oxygen atoms in total. The Balaban J connectivity index is 2.17. The average Bonchev–Trinajstić information content (AvgIpc) is 2.47. The maximum atomic E-state index is 12.2. The average molecular weight is 291 g/mol. The fourth-order valence-corrected chi connectivity index (χ4v) is 2.17.